The molecule has 280 valence electrons. The Morgan fingerprint density at radius 2 is 1.79 bits per heavy atom. The molecule has 3 N–H and O–H groups in total. The van der Waals surface area contributed by atoms with Gasteiger partial charge in [-0.05, 0) is 79.6 Å². The van der Waals surface area contributed by atoms with Gasteiger partial charge in [0.05, 0.1) is 29.4 Å². The molecule has 0 amide bonds. The van der Waals surface area contributed by atoms with Gasteiger partial charge in [-0.2, -0.15) is 5.26 Å². The Bertz CT molecular complexity index is 1920. The second-order valence-electron chi connectivity index (χ2n) is 13.1. The van der Waals surface area contributed by atoms with Crippen molar-refractivity contribution in [2.24, 2.45) is 0 Å². The lowest BCUT2D eigenvalue weighted by Crippen LogP contribution is -2.44. The number of aliphatic hydroxyl groups excluding tert-OH is 1. The maximum absolute atomic E-state index is 11.7. The molecule has 4 aromatic rings. The smallest absolute Gasteiger partial charge is 0.323 e. The van der Waals surface area contributed by atoms with Crippen molar-refractivity contribution < 1.29 is 32.3 Å². The van der Waals surface area contributed by atoms with Crippen LogP contribution in [0.5, 0.6) is 17.2 Å². The molecule has 0 spiro atoms. The van der Waals surface area contributed by atoms with Crippen molar-refractivity contribution >= 4 is 40.6 Å². The number of carboxylic acids is 1. The van der Waals surface area contributed by atoms with Gasteiger partial charge in [-0.3, -0.25) is 15.1 Å². The molecule has 1 aliphatic rings. The third-order valence-corrected chi connectivity index (χ3v) is 10.3. The Morgan fingerprint density at radius 3 is 2.51 bits per heavy atom. The van der Waals surface area contributed by atoms with Crippen LogP contribution < -0.4 is 19.5 Å². The van der Waals surface area contributed by atoms with Gasteiger partial charge < -0.3 is 32.4 Å². The molecule has 1 fully saturated rings. The van der Waals surface area contributed by atoms with Gasteiger partial charge in [0.1, 0.15) is 65.6 Å². The van der Waals surface area contributed by atoms with Crippen LogP contribution in [0.15, 0.2) is 67.0 Å². The van der Waals surface area contributed by atoms with Crippen LogP contribution in [-0.2, 0) is 27.6 Å². The lowest BCUT2D eigenvalue weighted by molar-refractivity contribution is -0.142. The number of aliphatic hydroxyl groups is 1. The van der Waals surface area contributed by atoms with E-state index in [0.29, 0.717) is 45.9 Å². The maximum Gasteiger partial charge on any atom is 0.323 e. The first-order valence-electron chi connectivity index (χ1n) is 17.4. The summed E-state index contributed by atoms with van der Waals surface area (Å²) in [6, 6.07) is 18.1. The molecule has 53 heavy (non-hydrogen) atoms. The van der Waals surface area contributed by atoms with E-state index >= 15 is 0 Å². The normalized spacial score (nSPS) is 15.5. The summed E-state index contributed by atoms with van der Waals surface area (Å²) in [6.07, 6.45) is 4.26. The number of aliphatic carboxylic acids is 1. The molecule has 0 aliphatic carbocycles. The summed E-state index contributed by atoms with van der Waals surface area (Å²) in [7, 11) is 0. The number of aromatic nitrogens is 1. The average molecular weight is 855 g/mol. The van der Waals surface area contributed by atoms with Crippen LogP contribution in [0.4, 0.5) is 0 Å². The van der Waals surface area contributed by atoms with E-state index in [0.717, 1.165) is 66.0 Å². The summed E-state index contributed by atoms with van der Waals surface area (Å²) in [5.74, 6) is 0.452. The number of carbonyl (C=O) groups is 1. The van der Waals surface area contributed by atoms with E-state index in [1.165, 1.54) is 13.1 Å². The van der Waals surface area contributed by atoms with Crippen molar-refractivity contribution in [1.29, 1.82) is 5.26 Å². The number of nitrogens with one attached hydrogen (secondary N) is 1. The van der Waals surface area contributed by atoms with E-state index in [-0.39, 0.29) is 19.8 Å². The lowest BCUT2D eigenvalue weighted by atomic mass is 9.93. The number of carboxylic acid groups (broad SMARTS) is 1. The Labute approximate surface area is 329 Å². The van der Waals surface area contributed by atoms with E-state index in [4.69, 9.17) is 28.9 Å². The highest BCUT2D eigenvalue weighted by Gasteiger charge is 2.24. The number of hydrogen-bond acceptors (Lipinski definition) is 10. The van der Waals surface area contributed by atoms with Crippen LogP contribution in [0.1, 0.15) is 53.1 Å². The van der Waals surface area contributed by atoms with E-state index in [2.05, 4.69) is 47.3 Å². The number of halogens is 2. The first-order valence-corrected chi connectivity index (χ1v) is 18.7. The fraction of sp³-hybridized carbons (Fsp3) is 0.375. The summed E-state index contributed by atoms with van der Waals surface area (Å²) >= 11 is 8.72. The molecule has 1 aliphatic heterocycles. The third kappa shape index (κ3) is 10.8. The number of pyridine rings is 1. The predicted molar refractivity (Wildman–Crippen MR) is 210 cm³/mol. The van der Waals surface area contributed by atoms with Crippen molar-refractivity contribution in [3.63, 3.8) is 0 Å². The van der Waals surface area contributed by atoms with Crippen LogP contribution in [0.3, 0.4) is 0 Å². The minimum atomic E-state index is -1.20. The van der Waals surface area contributed by atoms with Gasteiger partial charge in [0.25, 0.3) is 0 Å². The third-order valence-electron chi connectivity index (χ3n) is 9.33. The molecule has 0 radical (unpaired) electrons. The van der Waals surface area contributed by atoms with E-state index < -0.39 is 18.1 Å². The van der Waals surface area contributed by atoms with Gasteiger partial charge in [-0.25, -0.2) is 0 Å². The van der Waals surface area contributed by atoms with Crippen molar-refractivity contribution in [2.45, 2.75) is 71.6 Å². The molecule has 13 heteroatoms. The zero-order chi connectivity index (χ0) is 37.9. The second kappa shape index (κ2) is 19.4. The standard InChI is InChI=1S/C40H44ClIN4O7/c1-25-30(7-4-8-33(25)34-9-5-10-36(26(34)2)50-14-6-12-46-13-11-32(22-46)53-42)24-52-38-17-37(51-23-29-15-28(18-43)19-44-20-29)31(16-35(38)41)21-45-39(27(3)47)40(48)49/h4-5,7-10,15-17,19-20,27,32,39,45,47H,6,11-14,21-24H2,1-3H3,(H,48,49)/t27-,32-,39+/m1/s1. The van der Waals surface area contributed by atoms with Crippen molar-refractivity contribution in [1.82, 2.24) is 15.2 Å². The number of ether oxygens (including phenoxy) is 3. The van der Waals surface area contributed by atoms with Crippen molar-refractivity contribution in [2.75, 3.05) is 26.2 Å². The average Bonchev–Trinajstić information content (AvgIpc) is 3.61. The molecule has 0 saturated carbocycles. The Morgan fingerprint density at radius 1 is 1.04 bits per heavy atom. The van der Waals surface area contributed by atoms with Gasteiger partial charge in [0.15, 0.2) is 0 Å². The van der Waals surface area contributed by atoms with Crippen LogP contribution in [0.2, 0.25) is 5.02 Å². The first-order chi connectivity index (χ1) is 25.6. The molecule has 3 aromatic carbocycles. The highest BCUT2D eigenvalue weighted by molar-refractivity contribution is 14.1. The molecule has 11 nitrogen and oxygen atoms in total. The van der Waals surface area contributed by atoms with Crippen LogP contribution >= 0.6 is 34.6 Å². The molecule has 0 unspecified atom stereocenters. The Hall–Kier alpha value is -3.97. The highest BCUT2D eigenvalue weighted by atomic mass is 127. The van der Waals surface area contributed by atoms with E-state index in [1.807, 2.05) is 47.3 Å². The summed E-state index contributed by atoms with van der Waals surface area (Å²) in [6.45, 7) is 9.56. The fourth-order valence-electron chi connectivity index (χ4n) is 6.32. The van der Waals surface area contributed by atoms with Gasteiger partial charge in [0, 0.05) is 55.8 Å². The molecule has 1 saturated heterocycles. The molecule has 2 heterocycles. The summed E-state index contributed by atoms with van der Waals surface area (Å²) < 4.78 is 24.2. The number of rotatable bonds is 18. The summed E-state index contributed by atoms with van der Waals surface area (Å²) in [4.78, 5) is 18.2. The topological polar surface area (TPSA) is 146 Å². The lowest BCUT2D eigenvalue weighted by Gasteiger charge is -2.20. The Kier molecular flexibility index (Phi) is 14.7. The zero-order valence-corrected chi connectivity index (χ0v) is 32.9. The SMILES string of the molecule is Cc1c(COc2cc(OCc3cncc(C#N)c3)c(CN[C@H](C(=O)O)[C@@H](C)O)cc2Cl)cccc1-c1cccc(OCCCN2CC[C@@H](OI)C2)c1C. The largest absolute Gasteiger partial charge is 0.493 e. The summed E-state index contributed by atoms with van der Waals surface area (Å²) in [5, 5.41) is 32.0. The van der Waals surface area contributed by atoms with Gasteiger partial charge in [-0.15, -0.1) is 0 Å². The molecule has 1 aromatic heterocycles. The molecule has 5 rings (SSSR count). The van der Waals surface area contributed by atoms with Gasteiger partial charge in [0.2, 0.25) is 0 Å². The minimum absolute atomic E-state index is 0.0456. The highest BCUT2D eigenvalue weighted by Crippen LogP contribution is 2.36. The second-order valence-corrected chi connectivity index (χ2v) is 14.0. The number of nitrogens with zero attached hydrogens (tertiary/aromatic N) is 3. The van der Waals surface area contributed by atoms with Crippen LogP contribution in [-0.4, -0.2) is 70.6 Å². The zero-order valence-electron chi connectivity index (χ0n) is 30.0. The molecule has 3 atom stereocenters. The van der Waals surface area contributed by atoms with E-state index in [9.17, 15) is 20.3 Å². The number of nitriles is 1. The van der Waals surface area contributed by atoms with Crippen molar-refractivity contribution in [3.05, 3.63) is 105 Å². The van der Waals surface area contributed by atoms with Gasteiger partial charge in [-0.1, -0.05) is 41.9 Å². The number of likely N-dealkylation sites (tertiary alicyclic amines) is 1. The predicted octanol–water partition coefficient (Wildman–Crippen LogP) is 7.18. The van der Waals surface area contributed by atoms with Crippen LogP contribution in [0.25, 0.3) is 11.1 Å². The number of hydrogen-bond donors (Lipinski definition) is 3. The first kappa shape index (κ1) is 40.2. The van der Waals surface area contributed by atoms with Crippen LogP contribution in [0, 0.1) is 25.2 Å². The Balaban J connectivity index is 1.30. The monoisotopic (exact) mass is 854 g/mol. The fourth-order valence-corrected chi connectivity index (χ4v) is 6.98. The maximum atomic E-state index is 11.7. The quantitative estimate of drug-likeness (QED) is 0.0691. The molecular formula is C40H44ClIN4O7. The minimum Gasteiger partial charge on any atom is -0.493 e. The van der Waals surface area contributed by atoms with Crippen molar-refractivity contribution in [3.8, 4) is 34.4 Å². The van der Waals surface area contributed by atoms with Gasteiger partial charge >= 0.3 is 5.97 Å². The van der Waals surface area contributed by atoms with E-state index in [1.54, 1.807) is 24.4 Å². The molecular weight excluding hydrogens is 811 g/mol. The number of benzene rings is 3. The molecule has 0 bridgehead atoms. The summed E-state index contributed by atoms with van der Waals surface area (Å²) in [5.41, 5.74) is 6.89.